The third-order valence-electron chi connectivity index (χ3n) is 3.80. The summed E-state index contributed by atoms with van der Waals surface area (Å²) in [4.78, 5) is -0.202. The van der Waals surface area contributed by atoms with Crippen LogP contribution in [0.2, 0.25) is 0 Å². The lowest BCUT2D eigenvalue weighted by Gasteiger charge is -2.29. The van der Waals surface area contributed by atoms with Crippen LogP contribution < -0.4 is 4.72 Å². The summed E-state index contributed by atoms with van der Waals surface area (Å²) in [6.45, 7) is 3.84. The Labute approximate surface area is 130 Å². The van der Waals surface area contributed by atoms with Gasteiger partial charge in [0.1, 0.15) is 5.82 Å². The lowest BCUT2D eigenvalue weighted by atomic mass is 10.0. The van der Waals surface area contributed by atoms with Gasteiger partial charge in [0.25, 0.3) is 0 Å². The van der Waals surface area contributed by atoms with E-state index in [0.717, 1.165) is 25.0 Å². The fourth-order valence-corrected chi connectivity index (χ4v) is 4.33. The first-order chi connectivity index (χ1) is 9.84. The Hall–Kier alpha value is -0.630. The maximum atomic E-state index is 13.3. The number of benzene rings is 1. The minimum Gasteiger partial charge on any atom is -0.392 e. The van der Waals surface area contributed by atoms with Crippen molar-refractivity contribution in [1.82, 2.24) is 4.72 Å². The van der Waals surface area contributed by atoms with E-state index in [2.05, 4.69) is 4.72 Å². The Kier molecular flexibility index (Phi) is 6.65. The molecule has 0 atom stereocenters. The van der Waals surface area contributed by atoms with Gasteiger partial charge in [-0.2, -0.15) is 11.8 Å². The molecule has 0 unspecified atom stereocenters. The highest BCUT2D eigenvalue weighted by molar-refractivity contribution is 8.00. The van der Waals surface area contributed by atoms with Crippen LogP contribution in [0.5, 0.6) is 0 Å². The number of thioether (sulfide) groups is 1. The molecule has 0 heterocycles. The zero-order valence-corrected chi connectivity index (χ0v) is 14.2. The van der Waals surface area contributed by atoms with Crippen LogP contribution >= 0.6 is 11.8 Å². The molecule has 0 spiro atoms. The van der Waals surface area contributed by atoms with Crippen LogP contribution in [0.25, 0.3) is 0 Å². The average Bonchev–Trinajstić information content (AvgIpc) is 2.49. The van der Waals surface area contributed by atoms with Gasteiger partial charge in [-0.15, -0.1) is 0 Å². The highest BCUT2D eigenvalue weighted by atomic mass is 32.2. The maximum Gasteiger partial charge on any atom is 0.241 e. The molecule has 120 valence electrons. The molecule has 1 aromatic carbocycles. The molecule has 0 aliphatic heterocycles. The second-order valence-electron chi connectivity index (χ2n) is 4.83. The van der Waals surface area contributed by atoms with E-state index < -0.39 is 22.4 Å². The van der Waals surface area contributed by atoms with Gasteiger partial charge < -0.3 is 5.11 Å². The van der Waals surface area contributed by atoms with Crippen molar-refractivity contribution in [3.8, 4) is 0 Å². The monoisotopic (exact) mass is 335 g/mol. The fraction of sp³-hybridized carbons (Fsp3) is 0.571. The highest BCUT2D eigenvalue weighted by Crippen LogP contribution is 2.30. The second kappa shape index (κ2) is 7.58. The number of sulfonamides is 1. The van der Waals surface area contributed by atoms with Gasteiger partial charge in [-0.25, -0.2) is 17.5 Å². The molecule has 0 fully saturated rings. The molecule has 0 aliphatic rings. The van der Waals surface area contributed by atoms with Crippen LogP contribution in [-0.4, -0.2) is 31.1 Å². The normalized spacial score (nSPS) is 12.6. The Morgan fingerprint density at radius 1 is 1.33 bits per heavy atom. The minimum absolute atomic E-state index is 0.181. The van der Waals surface area contributed by atoms with E-state index in [9.17, 15) is 17.9 Å². The van der Waals surface area contributed by atoms with Crippen LogP contribution in [0.1, 0.15) is 32.3 Å². The molecule has 1 rings (SSSR count). The Balaban J connectivity index is 3.05. The largest absolute Gasteiger partial charge is 0.392 e. The van der Waals surface area contributed by atoms with E-state index in [4.69, 9.17) is 0 Å². The summed E-state index contributed by atoms with van der Waals surface area (Å²) in [6, 6.07) is 3.35. The predicted octanol–water partition coefficient (Wildman–Crippen LogP) is 2.52. The van der Waals surface area contributed by atoms with E-state index in [1.54, 1.807) is 11.8 Å². The summed E-state index contributed by atoms with van der Waals surface area (Å²) < 4.78 is 40.4. The summed E-state index contributed by atoms with van der Waals surface area (Å²) in [5.41, 5.74) is 0.187. The van der Waals surface area contributed by atoms with E-state index in [0.29, 0.717) is 0 Å². The molecule has 1 aromatic rings. The predicted molar refractivity (Wildman–Crippen MR) is 84.3 cm³/mol. The summed E-state index contributed by atoms with van der Waals surface area (Å²) in [5.74, 6) is -0.644. The van der Waals surface area contributed by atoms with E-state index in [1.165, 1.54) is 6.07 Å². The van der Waals surface area contributed by atoms with Gasteiger partial charge in [0, 0.05) is 11.3 Å². The third-order valence-corrected chi connectivity index (χ3v) is 6.87. The summed E-state index contributed by atoms with van der Waals surface area (Å²) in [7, 11) is -3.85. The average molecular weight is 335 g/mol. The Morgan fingerprint density at radius 2 is 1.95 bits per heavy atom. The first kappa shape index (κ1) is 18.4. The first-order valence-electron chi connectivity index (χ1n) is 6.78. The lowest BCUT2D eigenvalue weighted by Crippen LogP contribution is -2.39. The summed E-state index contributed by atoms with van der Waals surface area (Å²) in [6.07, 6.45) is 3.59. The quantitative estimate of drug-likeness (QED) is 0.766. The van der Waals surface area contributed by atoms with Crippen molar-refractivity contribution < 1.29 is 17.9 Å². The van der Waals surface area contributed by atoms with E-state index in [-0.39, 0.29) is 21.8 Å². The Morgan fingerprint density at radius 3 is 2.43 bits per heavy atom. The Bertz CT molecular complexity index is 563. The van der Waals surface area contributed by atoms with E-state index >= 15 is 0 Å². The van der Waals surface area contributed by atoms with Crippen molar-refractivity contribution in [3.05, 3.63) is 29.6 Å². The van der Waals surface area contributed by atoms with Gasteiger partial charge in [0.2, 0.25) is 10.0 Å². The summed E-state index contributed by atoms with van der Waals surface area (Å²) in [5, 5.41) is 9.22. The van der Waals surface area contributed by atoms with Gasteiger partial charge in [-0.1, -0.05) is 19.9 Å². The molecule has 0 radical (unpaired) electrons. The number of nitrogens with one attached hydrogen (secondary N) is 1. The standard InChI is InChI=1S/C14H22FNO3S2/c1-4-14(5-2,20-3)10-16-21(18,19)13-8-12(15)7-6-11(13)9-17/h6-8,16-17H,4-5,9-10H2,1-3H3. The number of hydrogen-bond donors (Lipinski definition) is 2. The molecular formula is C14H22FNO3S2. The number of rotatable bonds is 8. The third kappa shape index (κ3) is 4.42. The molecular weight excluding hydrogens is 313 g/mol. The number of aliphatic hydroxyl groups is 1. The van der Waals surface area contributed by atoms with Gasteiger partial charge in [0.15, 0.2) is 0 Å². The first-order valence-corrected chi connectivity index (χ1v) is 9.49. The summed E-state index contributed by atoms with van der Waals surface area (Å²) >= 11 is 1.62. The van der Waals surface area contributed by atoms with Crippen LogP contribution in [0.4, 0.5) is 4.39 Å². The maximum absolute atomic E-state index is 13.3. The molecule has 0 aliphatic carbocycles. The van der Waals surface area contributed by atoms with Crippen molar-refractivity contribution in [2.45, 2.75) is 42.9 Å². The van der Waals surface area contributed by atoms with Crippen molar-refractivity contribution >= 4 is 21.8 Å². The van der Waals surface area contributed by atoms with Crippen LogP contribution in [0.3, 0.4) is 0 Å². The molecule has 2 N–H and O–H groups in total. The zero-order chi connectivity index (χ0) is 16.1. The zero-order valence-electron chi connectivity index (χ0n) is 12.5. The molecule has 7 heteroatoms. The van der Waals surface area contributed by atoms with Gasteiger partial charge in [0.05, 0.1) is 11.5 Å². The van der Waals surface area contributed by atoms with Gasteiger partial charge >= 0.3 is 0 Å². The number of aliphatic hydroxyl groups excluding tert-OH is 1. The van der Waals surface area contributed by atoms with Gasteiger partial charge in [-0.3, -0.25) is 0 Å². The molecule has 21 heavy (non-hydrogen) atoms. The minimum atomic E-state index is -3.85. The van der Waals surface area contributed by atoms with E-state index in [1.807, 2.05) is 20.1 Å². The molecule has 0 bridgehead atoms. The fourth-order valence-electron chi connectivity index (χ4n) is 2.07. The SMILES string of the molecule is CCC(CC)(CNS(=O)(=O)c1cc(F)ccc1CO)SC. The van der Waals surface area contributed by atoms with Crippen molar-refractivity contribution in [2.24, 2.45) is 0 Å². The van der Waals surface area contributed by atoms with Crippen LogP contribution in [-0.2, 0) is 16.6 Å². The molecule has 0 amide bonds. The van der Waals surface area contributed by atoms with Crippen LogP contribution in [0.15, 0.2) is 23.1 Å². The molecule has 4 nitrogen and oxygen atoms in total. The molecule has 0 aromatic heterocycles. The molecule has 0 saturated carbocycles. The second-order valence-corrected chi connectivity index (χ2v) is 7.84. The van der Waals surface area contributed by atoms with Crippen molar-refractivity contribution in [1.29, 1.82) is 0 Å². The number of hydrogen-bond acceptors (Lipinski definition) is 4. The van der Waals surface area contributed by atoms with Crippen molar-refractivity contribution in [2.75, 3.05) is 12.8 Å². The lowest BCUT2D eigenvalue weighted by molar-refractivity contribution is 0.278. The number of halogens is 1. The smallest absolute Gasteiger partial charge is 0.241 e. The highest BCUT2D eigenvalue weighted by Gasteiger charge is 2.28. The molecule has 0 saturated heterocycles. The van der Waals surface area contributed by atoms with Gasteiger partial charge in [-0.05, 0) is 36.8 Å². The van der Waals surface area contributed by atoms with Crippen LogP contribution in [0, 0.1) is 5.82 Å². The topological polar surface area (TPSA) is 66.4 Å². The van der Waals surface area contributed by atoms with Crippen molar-refractivity contribution in [3.63, 3.8) is 0 Å².